The minimum absolute atomic E-state index is 0.213. The molecule has 0 aliphatic heterocycles. The van der Waals surface area contributed by atoms with Gasteiger partial charge in [-0.15, -0.1) is 0 Å². The van der Waals surface area contributed by atoms with Gasteiger partial charge in [0.2, 0.25) is 5.91 Å². The quantitative estimate of drug-likeness (QED) is 0.542. The highest BCUT2D eigenvalue weighted by atomic mass is 16.5. The number of para-hydroxylation sites is 1. The monoisotopic (exact) mass is 374 g/mol. The van der Waals surface area contributed by atoms with Crippen LogP contribution in [0.5, 0.6) is 5.75 Å². The van der Waals surface area contributed by atoms with Crippen LogP contribution in [0.25, 0.3) is 0 Å². The number of guanidine groups is 1. The number of nitrogens with zero attached hydrogens (tertiary/aromatic N) is 2. The van der Waals surface area contributed by atoms with Gasteiger partial charge in [0.25, 0.3) is 0 Å². The predicted molar refractivity (Wildman–Crippen MR) is 110 cm³/mol. The maximum atomic E-state index is 12.7. The van der Waals surface area contributed by atoms with Crippen LogP contribution in [-0.2, 0) is 11.3 Å². The average molecular weight is 375 g/mol. The minimum atomic E-state index is -0.317. The zero-order chi connectivity index (χ0) is 19.7. The van der Waals surface area contributed by atoms with Gasteiger partial charge in [0.1, 0.15) is 5.75 Å². The molecule has 2 rings (SSSR count). The molecule has 1 fully saturated rings. The summed E-state index contributed by atoms with van der Waals surface area (Å²) in [6.45, 7) is 6.57. The standard InChI is InChI=1S/C21H34N4O2/c1-5-22-20(23-15-17-11-7-8-12-18(17)27-6-2)24-16-21(13-9-10-14-21)19(26)25(3)4/h7-8,11-12H,5-6,9-10,13-16H2,1-4H3,(H2,22,23,24). The van der Waals surface area contributed by atoms with Crippen molar-refractivity contribution in [2.75, 3.05) is 33.8 Å². The topological polar surface area (TPSA) is 66.0 Å². The molecule has 2 N–H and O–H groups in total. The minimum Gasteiger partial charge on any atom is -0.494 e. The van der Waals surface area contributed by atoms with Crippen molar-refractivity contribution >= 4 is 11.9 Å². The van der Waals surface area contributed by atoms with E-state index in [1.165, 1.54) is 0 Å². The third-order valence-corrected chi connectivity index (χ3v) is 5.04. The summed E-state index contributed by atoms with van der Waals surface area (Å²) in [7, 11) is 3.68. The Kier molecular flexibility index (Phi) is 7.95. The first-order valence-corrected chi connectivity index (χ1v) is 9.97. The molecule has 0 saturated heterocycles. The molecule has 0 radical (unpaired) electrons. The van der Waals surface area contributed by atoms with E-state index >= 15 is 0 Å². The maximum Gasteiger partial charge on any atom is 0.230 e. The van der Waals surface area contributed by atoms with Gasteiger partial charge in [0.05, 0.1) is 18.6 Å². The zero-order valence-electron chi connectivity index (χ0n) is 17.2. The van der Waals surface area contributed by atoms with Gasteiger partial charge in [-0.1, -0.05) is 31.0 Å². The Morgan fingerprint density at radius 3 is 2.52 bits per heavy atom. The number of rotatable bonds is 8. The lowest BCUT2D eigenvalue weighted by molar-refractivity contribution is -0.138. The van der Waals surface area contributed by atoms with Crippen LogP contribution in [0, 0.1) is 5.41 Å². The third kappa shape index (κ3) is 5.62. The molecule has 27 heavy (non-hydrogen) atoms. The highest BCUT2D eigenvalue weighted by Gasteiger charge is 2.42. The Bertz CT molecular complexity index is 637. The van der Waals surface area contributed by atoms with Gasteiger partial charge in [-0.3, -0.25) is 4.79 Å². The first-order valence-electron chi connectivity index (χ1n) is 9.97. The van der Waals surface area contributed by atoms with E-state index in [1.807, 2.05) is 52.2 Å². The first-order chi connectivity index (χ1) is 13.0. The van der Waals surface area contributed by atoms with Crippen molar-refractivity contribution in [1.29, 1.82) is 0 Å². The first kappa shape index (κ1) is 21.1. The van der Waals surface area contributed by atoms with Crippen molar-refractivity contribution in [3.63, 3.8) is 0 Å². The Hall–Kier alpha value is -2.24. The fourth-order valence-electron chi connectivity index (χ4n) is 3.68. The van der Waals surface area contributed by atoms with Gasteiger partial charge in [-0.2, -0.15) is 0 Å². The lowest BCUT2D eigenvalue weighted by Gasteiger charge is -2.31. The number of nitrogens with one attached hydrogen (secondary N) is 2. The van der Waals surface area contributed by atoms with Crippen LogP contribution in [0.4, 0.5) is 0 Å². The summed E-state index contributed by atoms with van der Waals surface area (Å²) >= 11 is 0. The fraction of sp³-hybridized carbons (Fsp3) is 0.619. The van der Waals surface area contributed by atoms with Gasteiger partial charge >= 0.3 is 0 Å². The number of benzene rings is 1. The molecule has 0 spiro atoms. The molecule has 150 valence electrons. The summed E-state index contributed by atoms with van der Waals surface area (Å²) < 4.78 is 5.68. The summed E-state index contributed by atoms with van der Waals surface area (Å²) in [5, 5.41) is 6.70. The molecule has 0 aromatic heterocycles. The lowest BCUT2D eigenvalue weighted by atomic mass is 9.84. The summed E-state index contributed by atoms with van der Waals surface area (Å²) in [5.41, 5.74) is 0.736. The van der Waals surface area contributed by atoms with Gasteiger partial charge in [-0.25, -0.2) is 4.99 Å². The third-order valence-electron chi connectivity index (χ3n) is 5.04. The second-order valence-electron chi connectivity index (χ2n) is 7.28. The number of hydrogen-bond donors (Lipinski definition) is 2. The number of ether oxygens (including phenoxy) is 1. The van der Waals surface area contributed by atoms with Gasteiger partial charge in [0.15, 0.2) is 5.96 Å². The number of aliphatic imine (C=N–C) groups is 1. The van der Waals surface area contributed by atoms with Crippen molar-refractivity contribution in [3.8, 4) is 5.75 Å². The van der Waals surface area contributed by atoms with E-state index in [0.717, 1.165) is 49.5 Å². The van der Waals surface area contributed by atoms with E-state index in [2.05, 4.69) is 10.6 Å². The molecular weight excluding hydrogens is 340 g/mol. The molecule has 0 heterocycles. The second-order valence-corrected chi connectivity index (χ2v) is 7.28. The number of carbonyl (C=O) groups is 1. The van der Waals surface area contributed by atoms with Crippen molar-refractivity contribution in [2.24, 2.45) is 10.4 Å². The van der Waals surface area contributed by atoms with Crippen LogP contribution in [0.15, 0.2) is 29.3 Å². The molecule has 1 saturated carbocycles. The van der Waals surface area contributed by atoms with Crippen LogP contribution in [0.2, 0.25) is 0 Å². The molecule has 1 aliphatic carbocycles. The summed E-state index contributed by atoms with van der Waals surface area (Å²) in [5.74, 6) is 1.82. The van der Waals surface area contributed by atoms with Crippen molar-refractivity contribution < 1.29 is 9.53 Å². The Morgan fingerprint density at radius 2 is 1.89 bits per heavy atom. The molecular formula is C21H34N4O2. The van der Waals surface area contributed by atoms with E-state index in [0.29, 0.717) is 19.7 Å². The van der Waals surface area contributed by atoms with E-state index in [1.54, 1.807) is 4.90 Å². The summed E-state index contributed by atoms with van der Waals surface area (Å²) in [4.78, 5) is 19.2. The molecule has 6 nitrogen and oxygen atoms in total. The lowest BCUT2D eigenvalue weighted by Crippen LogP contribution is -2.49. The van der Waals surface area contributed by atoms with Crippen LogP contribution >= 0.6 is 0 Å². The van der Waals surface area contributed by atoms with Gasteiger partial charge in [0, 0.05) is 32.7 Å². The van der Waals surface area contributed by atoms with Crippen LogP contribution < -0.4 is 15.4 Å². The zero-order valence-corrected chi connectivity index (χ0v) is 17.2. The number of carbonyl (C=O) groups excluding carboxylic acids is 1. The highest BCUT2D eigenvalue weighted by Crippen LogP contribution is 2.38. The normalized spacial score (nSPS) is 16.1. The van der Waals surface area contributed by atoms with Crippen molar-refractivity contribution in [1.82, 2.24) is 15.5 Å². The van der Waals surface area contributed by atoms with E-state index in [-0.39, 0.29) is 11.3 Å². The molecule has 1 aliphatic rings. The smallest absolute Gasteiger partial charge is 0.230 e. The van der Waals surface area contributed by atoms with Crippen molar-refractivity contribution in [2.45, 2.75) is 46.1 Å². The van der Waals surface area contributed by atoms with Crippen molar-refractivity contribution in [3.05, 3.63) is 29.8 Å². The van der Waals surface area contributed by atoms with Crippen LogP contribution in [0.1, 0.15) is 45.1 Å². The number of amides is 1. The molecule has 1 aromatic carbocycles. The Morgan fingerprint density at radius 1 is 1.19 bits per heavy atom. The molecule has 0 bridgehead atoms. The molecule has 1 aromatic rings. The maximum absolute atomic E-state index is 12.7. The number of hydrogen-bond acceptors (Lipinski definition) is 3. The molecule has 0 unspecified atom stereocenters. The van der Waals surface area contributed by atoms with E-state index in [4.69, 9.17) is 9.73 Å². The SMILES string of the molecule is CCNC(=NCc1ccccc1OCC)NCC1(C(=O)N(C)C)CCCC1. The highest BCUT2D eigenvalue weighted by molar-refractivity contribution is 5.85. The molecule has 1 amide bonds. The second kappa shape index (κ2) is 10.2. The average Bonchev–Trinajstić information content (AvgIpc) is 3.14. The van der Waals surface area contributed by atoms with Crippen LogP contribution in [0.3, 0.4) is 0 Å². The fourth-order valence-corrected chi connectivity index (χ4v) is 3.68. The summed E-state index contributed by atoms with van der Waals surface area (Å²) in [6, 6.07) is 7.97. The largest absolute Gasteiger partial charge is 0.494 e. The Balaban J connectivity index is 2.08. The van der Waals surface area contributed by atoms with Crippen LogP contribution in [-0.4, -0.2) is 50.6 Å². The predicted octanol–water partition coefficient (Wildman–Crippen LogP) is 2.79. The molecule has 6 heteroatoms. The molecule has 0 atom stereocenters. The Labute approximate surface area is 163 Å². The van der Waals surface area contributed by atoms with Gasteiger partial charge < -0.3 is 20.3 Å². The van der Waals surface area contributed by atoms with E-state index < -0.39 is 0 Å². The summed E-state index contributed by atoms with van der Waals surface area (Å²) in [6.07, 6.45) is 4.08. The van der Waals surface area contributed by atoms with Gasteiger partial charge in [-0.05, 0) is 32.8 Å². The van der Waals surface area contributed by atoms with E-state index in [9.17, 15) is 4.79 Å².